The van der Waals surface area contributed by atoms with E-state index >= 15 is 0 Å². The molecule has 0 fully saturated rings. The third kappa shape index (κ3) is 14.3. The molecule has 234 valence electrons. The second kappa shape index (κ2) is 18.8. The topological polar surface area (TPSA) is 304 Å². The molecule has 0 aromatic heterocycles. The molecule has 16 nitrogen and oxygen atoms in total. The molecule has 15 N–H and O–H groups in total. The maximum Gasteiger partial charge on any atom is 0.326 e. The average molecular weight is 594 g/mol. The summed E-state index contributed by atoms with van der Waals surface area (Å²) in [6.07, 6.45) is 1.30. The molecule has 4 unspecified atom stereocenters. The van der Waals surface area contributed by atoms with E-state index < -0.39 is 53.8 Å². The van der Waals surface area contributed by atoms with Crippen LogP contribution in [-0.4, -0.2) is 83.0 Å². The number of carboxylic acids is 1. The number of amides is 4. The molecule has 0 radical (unpaired) electrons. The number of aromatic hydroxyl groups is 1. The van der Waals surface area contributed by atoms with Crippen LogP contribution in [0.25, 0.3) is 0 Å². The molecule has 0 aliphatic rings. The van der Waals surface area contributed by atoms with Crippen LogP contribution in [0.15, 0.2) is 29.3 Å². The smallest absolute Gasteiger partial charge is 0.326 e. The van der Waals surface area contributed by atoms with Crippen molar-refractivity contribution in [3.05, 3.63) is 29.8 Å². The standard InChI is InChI=1S/C26H43N9O7/c27-12-2-1-5-18(33-22(38)17(28)4-3-13-32-26(30)31)23(39)35-20(14-15-6-8-16(36)9-7-15)24(40)34-19(25(41)42)10-11-21(29)37/h6-9,17-20,36H,1-5,10-14,27-28H2,(H2,29,37)(H,33,38)(H,34,40)(H,35,39)(H,41,42)(H4,30,31,32). The van der Waals surface area contributed by atoms with Gasteiger partial charge < -0.3 is 54.8 Å². The molecule has 1 rings (SSSR count). The van der Waals surface area contributed by atoms with Gasteiger partial charge in [0.15, 0.2) is 5.96 Å². The Balaban J connectivity index is 3.10. The number of nitrogens with two attached hydrogens (primary N) is 5. The van der Waals surface area contributed by atoms with Crippen molar-refractivity contribution in [1.82, 2.24) is 16.0 Å². The zero-order valence-electron chi connectivity index (χ0n) is 23.5. The molecule has 0 bridgehead atoms. The molecule has 4 amide bonds. The molecule has 0 heterocycles. The number of guanidine groups is 1. The molecule has 0 saturated carbocycles. The Labute approximate surface area is 243 Å². The summed E-state index contributed by atoms with van der Waals surface area (Å²) in [6, 6.07) is 1.10. The molecule has 16 heteroatoms. The quantitative estimate of drug-likeness (QED) is 0.0419. The number of carboxylic acid groups (broad SMARTS) is 1. The molecule has 4 atom stereocenters. The zero-order valence-corrected chi connectivity index (χ0v) is 23.5. The highest BCUT2D eigenvalue weighted by atomic mass is 16.4. The van der Waals surface area contributed by atoms with Gasteiger partial charge in [-0.15, -0.1) is 0 Å². The summed E-state index contributed by atoms with van der Waals surface area (Å²) in [5.41, 5.74) is 27.8. The van der Waals surface area contributed by atoms with Gasteiger partial charge in [-0.1, -0.05) is 12.1 Å². The zero-order chi connectivity index (χ0) is 31.7. The SMILES string of the molecule is NCCCCC(NC(=O)C(N)CCCN=C(N)N)C(=O)NC(Cc1ccc(O)cc1)C(=O)NC(CCC(N)=O)C(=O)O. The van der Waals surface area contributed by atoms with Crippen molar-refractivity contribution in [3.63, 3.8) is 0 Å². The van der Waals surface area contributed by atoms with E-state index in [1.54, 1.807) is 0 Å². The van der Waals surface area contributed by atoms with Crippen molar-refractivity contribution >= 4 is 35.6 Å². The van der Waals surface area contributed by atoms with Crippen molar-refractivity contribution in [1.29, 1.82) is 0 Å². The lowest BCUT2D eigenvalue weighted by Crippen LogP contribution is -2.57. The number of nitrogens with zero attached hydrogens (tertiary/aromatic N) is 1. The number of phenols is 1. The number of primary amides is 1. The maximum atomic E-state index is 13.4. The van der Waals surface area contributed by atoms with E-state index in [1.165, 1.54) is 24.3 Å². The normalized spacial score (nSPS) is 13.6. The van der Waals surface area contributed by atoms with E-state index in [0.29, 0.717) is 31.4 Å². The number of rotatable bonds is 20. The van der Waals surface area contributed by atoms with Gasteiger partial charge in [0.05, 0.1) is 6.04 Å². The maximum absolute atomic E-state index is 13.4. The summed E-state index contributed by atoms with van der Waals surface area (Å²) in [4.78, 5) is 66.0. The third-order valence-corrected chi connectivity index (χ3v) is 6.19. The van der Waals surface area contributed by atoms with Crippen LogP contribution in [0, 0.1) is 0 Å². The van der Waals surface area contributed by atoms with Crippen LogP contribution in [0.1, 0.15) is 50.5 Å². The van der Waals surface area contributed by atoms with Gasteiger partial charge in [0.25, 0.3) is 0 Å². The number of hydrogen-bond donors (Lipinski definition) is 10. The number of unbranched alkanes of at least 4 members (excludes halogenated alkanes) is 1. The average Bonchev–Trinajstić information content (AvgIpc) is 2.92. The van der Waals surface area contributed by atoms with E-state index in [1.807, 2.05) is 0 Å². The largest absolute Gasteiger partial charge is 0.508 e. The predicted octanol–water partition coefficient (Wildman–Crippen LogP) is -2.75. The van der Waals surface area contributed by atoms with E-state index in [2.05, 4.69) is 20.9 Å². The first-order valence-electron chi connectivity index (χ1n) is 13.5. The number of nitrogens with one attached hydrogen (secondary N) is 3. The van der Waals surface area contributed by atoms with E-state index in [0.717, 1.165) is 0 Å². The first-order chi connectivity index (χ1) is 19.8. The Kier molecular flexibility index (Phi) is 15.9. The van der Waals surface area contributed by atoms with Gasteiger partial charge in [-0.2, -0.15) is 0 Å². The number of aliphatic imine (C=N–C) groups is 1. The highest BCUT2D eigenvalue weighted by Gasteiger charge is 2.30. The summed E-state index contributed by atoms with van der Waals surface area (Å²) in [5, 5.41) is 26.7. The summed E-state index contributed by atoms with van der Waals surface area (Å²) in [5.74, 6) is -4.36. The molecule has 42 heavy (non-hydrogen) atoms. The fourth-order valence-corrected chi connectivity index (χ4v) is 3.86. The van der Waals surface area contributed by atoms with Crippen molar-refractivity contribution in [3.8, 4) is 5.75 Å². The minimum Gasteiger partial charge on any atom is -0.508 e. The Morgan fingerprint density at radius 2 is 1.38 bits per heavy atom. The Bertz CT molecular complexity index is 1080. The van der Waals surface area contributed by atoms with Crippen LogP contribution in [0.3, 0.4) is 0 Å². The third-order valence-electron chi connectivity index (χ3n) is 6.19. The molecule has 1 aromatic carbocycles. The highest BCUT2D eigenvalue weighted by molar-refractivity contribution is 5.94. The van der Waals surface area contributed by atoms with Crippen molar-refractivity contribution < 1.29 is 34.2 Å². The highest BCUT2D eigenvalue weighted by Crippen LogP contribution is 2.13. The van der Waals surface area contributed by atoms with Gasteiger partial charge in [-0.3, -0.25) is 24.2 Å². The number of phenolic OH excluding ortho intramolecular Hbond substituents is 1. The number of benzene rings is 1. The van der Waals surface area contributed by atoms with Crippen molar-refractivity contribution in [2.45, 2.75) is 75.5 Å². The lowest BCUT2D eigenvalue weighted by atomic mass is 10.0. The number of carbonyl (C=O) groups is 5. The molecular weight excluding hydrogens is 550 g/mol. The lowest BCUT2D eigenvalue weighted by Gasteiger charge is -2.25. The molecule has 0 aliphatic heterocycles. The van der Waals surface area contributed by atoms with Crippen molar-refractivity contribution in [2.75, 3.05) is 13.1 Å². The molecule has 1 aromatic rings. The first-order valence-corrected chi connectivity index (χ1v) is 13.5. The van der Waals surface area contributed by atoms with E-state index in [4.69, 9.17) is 28.7 Å². The van der Waals surface area contributed by atoms with Gasteiger partial charge in [-0.25, -0.2) is 4.79 Å². The number of hydrogen-bond acceptors (Lipinski definition) is 9. The first kappa shape index (κ1) is 35.6. The van der Waals surface area contributed by atoms with Gasteiger partial charge in [0.2, 0.25) is 23.6 Å². The lowest BCUT2D eigenvalue weighted by molar-refractivity contribution is -0.142. The van der Waals surface area contributed by atoms with Gasteiger partial charge in [0.1, 0.15) is 23.9 Å². The summed E-state index contributed by atoms with van der Waals surface area (Å²) < 4.78 is 0. The fourth-order valence-electron chi connectivity index (χ4n) is 3.86. The van der Waals surface area contributed by atoms with Crippen LogP contribution in [0.4, 0.5) is 0 Å². The second-order valence-corrected chi connectivity index (χ2v) is 9.74. The summed E-state index contributed by atoms with van der Waals surface area (Å²) >= 11 is 0. The summed E-state index contributed by atoms with van der Waals surface area (Å²) in [7, 11) is 0. The van der Waals surface area contributed by atoms with E-state index in [9.17, 15) is 34.2 Å². The molecule has 0 aliphatic carbocycles. The van der Waals surface area contributed by atoms with Crippen molar-refractivity contribution in [2.24, 2.45) is 33.7 Å². The Morgan fingerprint density at radius 1 is 0.786 bits per heavy atom. The van der Waals surface area contributed by atoms with Gasteiger partial charge >= 0.3 is 5.97 Å². The fraction of sp³-hybridized carbons (Fsp3) is 0.538. The Hall–Kier alpha value is -4.44. The van der Waals surface area contributed by atoms with Crippen LogP contribution < -0.4 is 44.6 Å². The van der Waals surface area contributed by atoms with Gasteiger partial charge in [-0.05, 0) is 62.8 Å². The van der Waals surface area contributed by atoms with Crippen LogP contribution in [-0.2, 0) is 30.4 Å². The van der Waals surface area contributed by atoms with Crippen LogP contribution in [0.2, 0.25) is 0 Å². The Morgan fingerprint density at radius 3 is 1.95 bits per heavy atom. The van der Waals surface area contributed by atoms with E-state index in [-0.39, 0.29) is 50.4 Å². The minimum atomic E-state index is -1.44. The van der Waals surface area contributed by atoms with Gasteiger partial charge in [0, 0.05) is 19.4 Å². The second-order valence-electron chi connectivity index (χ2n) is 9.74. The number of aliphatic carboxylic acids is 1. The number of carbonyl (C=O) groups excluding carboxylic acids is 4. The molecule has 0 saturated heterocycles. The predicted molar refractivity (Wildman–Crippen MR) is 154 cm³/mol. The summed E-state index contributed by atoms with van der Waals surface area (Å²) in [6.45, 7) is 0.634. The monoisotopic (exact) mass is 593 g/mol. The van der Waals surface area contributed by atoms with Crippen LogP contribution in [0.5, 0.6) is 5.75 Å². The van der Waals surface area contributed by atoms with Crippen LogP contribution >= 0.6 is 0 Å². The minimum absolute atomic E-state index is 0.0153. The molecular formula is C26H43N9O7. The molecule has 0 spiro atoms.